The van der Waals surface area contributed by atoms with Crippen molar-refractivity contribution < 1.29 is 20.1 Å². The Bertz CT molecular complexity index is 506. The van der Waals surface area contributed by atoms with Gasteiger partial charge in [0, 0.05) is 17.2 Å². The Morgan fingerprint density at radius 3 is 2.83 bits per heavy atom. The standard InChI is InChI=1S/C11H12N2O4S/c1-6-2-3-7(4-9(6)13(16)17)10-12-8(5-18-10)11(14)15/h2-4,8,10,12H,5H2,1H3,(H,14,15)/t8-,10+/m1/s1. The molecule has 7 heteroatoms. The van der Waals surface area contributed by atoms with Gasteiger partial charge in [0.05, 0.1) is 10.7 Å². The number of carboxylic acids is 1. The normalized spacial score (nSPS) is 22.9. The third-order valence-corrected chi connectivity index (χ3v) is 4.26. The molecule has 0 amide bonds. The molecule has 0 unspecified atom stereocenters. The Kier molecular flexibility index (Phi) is 3.53. The first kappa shape index (κ1) is 12.8. The summed E-state index contributed by atoms with van der Waals surface area (Å²) in [6, 6.07) is 4.42. The van der Waals surface area contributed by atoms with Crippen molar-refractivity contribution in [3.05, 3.63) is 39.4 Å². The molecule has 1 aromatic carbocycles. The maximum absolute atomic E-state index is 10.8. The number of nitrogens with two attached hydrogens (primary N) is 1. The van der Waals surface area contributed by atoms with Crippen LogP contribution in [0.4, 0.5) is 5.69 Å². The molecule has 2 N–H and O–H groups in total. The van der Waals surface area contributed by atoms with E-state index in [1.54, 1.807) is 24.4 Å². The lowest BCUT2D eigenvalue weighted by atomic mass is 10.1. The summed E-state index contributed by atoms with van der Waals surface area (Å²) in [7, 11) is 0. The van der Waals surface area contributed by atoms with Gasteiger partial charge in [-0.1, -0.05) is 23.9 Å². The largest absolute Gasteiger partial charge is 0.544 e. The number of hydrogen-bond donors (Lipinski definition) is 1. The monoisotopic (exact) mass is 268 g/mol. The fourth-order valence-corrected chi connectivity index (χ4v) is 3.19. The number of nitro groups is 1. The molecule has 1 saturated heterocycles. The van der Waals surface area contributed by atoms with E-state index in [2.05, 4.69) is 0 Å². The number of aliphatic carboxylic acids is 1. The molecule has 2 rings (SSSR count). The van der Waals surface area contributed by atoms with Crippen molar-refractivity contribution in [2.75, 3.05) is 5.75 Å². The highest BCUT2D eigenvalue weighted by Gasteiger charge is 2.31. The van der Waals surface area contributed by atoms with Crippen LogP contribution in [0.2, 0.25) is 0 Å². The number of carboxylic acid groups (broad SMARTS) is 1. The van der Waals surface area contributed by atoms with Crippen molar-refractivity contribution in [2.45, 2.75) is 18.3 Å². The Balaban J connectivity index is 2.22. The fraction of sp³-hybridized carbons (Fsp3) is 0.364. The molecule has 2 atom stereocenters. The molecule has 0 bridgehead atoms. The molecule has 0 saturated carbocycles. The minimum absolute atomic E-state index is 0.0680. The lowest BCUT2D eigenvalue weighted by Gasteiger charge is -2.11. The summed E-state index contributed by atoms with van der Waals surface area (Å²) in [4.78, 5) is 21.2. The van der Waals surface area contributed by atoms with Gasteiger partial charge in [-0.05, 0) is 6.92 Å². The van der Waals surface area contributed by atoms with Gasteiger partial charge >= 0.3 is 0 Å². The number of nitro benzene ring substituents is 1. The first-order valence-electron chi connectivity index (χ1n) is 5.41. The molecule has 1 heterocycles. The van der Waals surface area contributed by atoms with Crippen LogP contribution in [0.1, 0.15) is 16.5 Å². The molecular formula is C11H12N2O4S. The molecule has 1 fully saturated rings. The molecule has 0 aromatic heterocycles. The number of nitrogens with zero attached hydrogens (tertiary/aromatic N) is 1. The summed E-state index contributed by atoms with van der Waals surface area (Å²) in [5.74, 6) is -0.638. The average molecular weight is 268 g/mol. The van der Waals surface area contributed by atoms with Crippen molar-refractivity contribution in [3.8, 4) is 0 Å². The van der Waals surface area contributed by atoms with Crippen LogP contribution in [0.5, 0.6) is 0 Å². The van der Waals surface area contributed by atoms with Gasteiger partial charge in [0.1, 0.15) is 12.0 Å². The van der Waals surface area contributed by atoms with E-state index in [4.69, 9.17) is 0 Å². The maximum Gasteiger partial charge on any atom is 0.272 e. The molecule has 1 aromatic rings. The van der Waals surface area contributed by atoms with Crippen LogP contribution in [0.25, 0.3) is 0 Å². The maximum atomic E-state index is 10.8. The van der Waals surface area contributed by atoms with Crippen LogP contribution >= 0.6 is 11.8 Å². The Labute approximate surface area is 108 Å². The molecule has 1 aliphatic rings. The van der Waals surface area contributed by atoms with Crippen LogP contribution in [0.15, 0.2) is 18.2 Å². The SMILES string of the molecule is Cc1ccc([C@H]2[NH2+][C@@H](C(=O)[O-])CS2)cc1[N+](=O)[O-]. The summed E-state index contributed by atoms with van der Waals surface area (Å²) in [6.45, 7) is 1.68. The van der Waals surface area contributed by atoms with Crippen molar-refractivity contribution in [1.29, 1.82) is 0 Å². The highest BCUT2D eigenvalue weighted by Crippen LogP contribution is 2.30. The topological polar surface area (TPSA) is 99.9 Å². The molecule has 0 spiro atoms. The van der Waals surface area contributed by atoms with E-state index in [1.165, 1.54) is 17.8 Å². The van der Waals surface area contributed by atoms with E-state index in [1.807, 2.05) is 0 Å². The van der Waals surface area contributed by atoms with Gasteiger partial charge in [-0.25, -0.2) is 0 Å². The zero-order chi connectivity index (χ0) is 13.3. The number of thioether (sulfide) groups is 1. The fourth-order valence-electron chi connectivity index (χ4n) is 1.88. The average Bonchev–Trinajstić information content (AvgIpc) is 2.78. The minimum atomic E-state index is -1.09. The molecule has 0 aliphatic carbocycles. The van der Waals surface area contributed by atoms with E-state index in [9.17, 15) is 20.0 Å². The molecule has 0 radical (unpaired) electrons. The Morgan fingerprint density at radius 1 is 1.56 bits per heavy atom. The quantitative estimate of drug-likeness (QED) is 0.579. The first-order chi connectivity index (χ1) is 8.49. The van der Waals surface area contributed by atoms with E-state index in [-0.39, 0.29) is 11.1 Å². The molecule has 6 nitrogen and oxygen atoms in total. The summed E-state index contributed by atoms with van der Waals surface area (Å²) >= 11 is 1.46. The third kappa shape index (κ3) is 2.46. The summed E-state index contributed by atoms with van der Waals surface area (Å²) in [5, 5.41) is 23.1. The van der Waals surface area contributed by atoms with Crippen LogP contribution < -0.4 is 10.4 Å². The van der Waals surface area contributed by atoms with Crippen LogP contribution in [0, 0.1) is 17.0 Å². The van der Waals surface area contributed by atoms with Gasteiger partial charge in [-0.3, -0.25) is 10.1 Å². The highest BCUT2D eigenvalue weighted by molar-refractivity contribution is 7.99. The van der Waals surface area contributed by atoms with Crippen LogP contribution in [-0.2, 0) is 4.79 Å². The summed E-state index contributed by atoms with van der Waals surface area (Å²) in [6.07, 6.45) is 0. The van der Waals surface area contributed by atoms with Crippen LogP contribution in [-0.4, -0.2) is 22.7 Å². The smallest absolute Gasteiger partial charge is 0.272 e. The number of benzene rings is 1. The van der Waals surface area contributed by atoms with Gasteiger partial charge in [0.2, 0.25) is 0 Å². The van der Waals surface area contributed by atoms with Gasteiger partial charge in [0.25, 0.3) is 5.69 Å². The van der Waals surface area contributed by atoms with Gasteiger partial charge in [0.15, 0.2) is 5.37 Å². The van der Waals surface area contributed by atoms with Gasteiger partial charge in [-0.2, -0.15) is 0 Å². The second-order valence-corrected chi connectivity index (χ2v) is 5.35. The van der Waals surface area contributed by atoms with Crippen molar-refractivity contribution in [3.63, 3.8) is 0 Å². The minimum Gasteiger partial charge on any atom is -0.544 e. The zero-order valence-corrected chi connectivity index (χ0v) is 10.5. The summed E-state index contributed by atoms with van der Waals surface area (Å²) in [5.41, 5.74) is 1.43. The second kappa shape index (κ2) is 4.95. The first-order valence-corrected chi connectivity index (χ1v) is 6.46. The Hall–Kier alpha value is -1.60. The third-order valence-electron chi connectivity index (χ3n) is 2.92. The van der Waals surface area contributed by atoms with Crippen LogP contribution in [0.3, 0.4) is 0 Å². The number of carbonyl (C=O) groups is 1. The number of quaternary nitrogens is 1. The molecule has 96 valence electrons. The van der Waals surface area contributed by atoms with E-state index in [0.29, 0.717) is 11.3 Å². The molecule has 1 aliphatic heterocycles. The second-order valence-electron chi connectivity index (χ2n) is 4.17. The van der Waals surface area contributed by atoms with Crippen molar-refractivity contribution >= 4 is 23.4 Å². The predicted molar refractivity (Wildman–Crippen MR) is 63.8 cm³/mol. The molecular weight excluding hydrogens is 256 g/mol. The summed E-state index contributed by atoms with van der Waals surface area (Å²) < 4.78 is 0. The van der Waals surface area contributed by atoms with E-state index < -0.39 is 16.9 Å². The number of rotatable bonds is 3. The molecule has 18 heavy (non-hydrogen) atoms. The van der Waals surface area contributed by atoms with E-state index in [0.717, 1.165) is 5.56 Å². The number of hydrogen-bond acceptors (Lipinski definition) is 5. The number of aryl methyl sites for hydroxylation is 1. The highest BCUT2D eigenvalue weighted by atomic mass is 32.2. The van der Waals surface area contributed by atoms with Crippen molar-refractivity contribution in [1.82, 2.24) is 0 Å². The lowest BCUT2D eigenvalue weighted by molar-refractivity contribution is -0.690. The number of carbonyl (C=O) groups excluding carboxylic acids is 1. The van der Waals surface area contributed by atoms with E-state index >= 15 is 0 Å². The lowest BCUT2D eigenvalue weighted by Crippen LogP contribution is -2.90. The zero-order valence-electron chi connectivity index (χ0n) is 9.66. The van der Waals surface area contributed by atoms with Gasteiger partial charge in [-0.15, -0.1) is 0 Å². The Morgan fingerprint density at radius 2 is 2.28 bits per heavy atom. The predicted octanol–water partition coefficient (Wildman–Crippen LogP) is -0.669. The van der Waals surface area contributed by atoms with Crippen molar-refractivity contribution in [2.24, 2.45) is 0 Å². The van der Waals surface area contributed by atoms with Gasteiger partial charge < -0.3 is 15.2 Å².